The summed E-state index contributed by atoms with van der Waals surface area (Å²) in [6.07, 6.45) is 2.26. The highest BCUT2D eigenvalue weighted by atomic mass is 16.2. The quantitative estimate of drug-likeness (QED) is 0.718. The molecule has 2 aromatic heterocycles. The van der Waals surface area contributed by atoms with Crippen LogP contribution in [0.4, 0.5) is 0 Å². The lowest BCUT2D eigenvalue weighted by molar-refractivity contribution is -0.122. The molecule has 0 saturated heterocycles. The van der Waals surface area contributed by atoms with E-state index in [9.17, 15) is 9.59 Å². The summed E-state index contributed by atoms with van der Waals surface area (Å²) >= 11 is 0. The van der Waals surface area contributed by atoms with Gasteiger partial charge in [0.05, 0.1) is 5.69 Å². The maximum absolute atomic E-state index is 11.9. The van der Waals surface area contributed by atoms with Crippen LogP contribution in [0.15, 0.2) is 12.1 Å². The molecule has 8 heteroatoms. The van der Waals surface area contributed by atoms with Gasteiger partial charge < -0.3 is 0 Å². The van der Waals surface area contributed by atoms with E-state index in [4.69, 9.17) is 0 Å². The predicted molar refractivity (Wildman–Crippen MR) is 77.9 cm³/mol. The fourth-order valence-electron chi connectivity index (χ4n) is 2.26. The Balaban J connectivity index is 1.51. The maximum atomic E-state index is 11.9. The predicted octanol–water partition coefficient (Wildman–Crippen LogP) is 0.562. The van der Waals surface area contributed by atoms with Crippen molar-refractivity contribution in [3.8, 4) is 0 Å². The largest absolute Gasteiger partial charge is 0.290 e. The monoisotopic (exact) mass is 302 g/mol. The number of rotatable bonds is 4. The standard InChI is InChI=1S/C14H18N6O2/c1-8-5-9(2)20(19-8)7-13(21)17-18-14(22)12-6-11(15-16-12)10-3-4-10/h5-6,10H,3-4,7H2,1-2H3,(H,15,16)(H,17,21)(H,18,22). The summed E-state index contributed by atoms with van der Waals surface area (Å²) in [5.74, 6) is -0.294. The molecule has 3 N–H and O–H groups in total. The number of hydrogen-bond acceptors (Lipinski definition) is 4. The molecule has 0 unspecified atom stereocenters. The summed E-state index contributed by atoms with van der Waals surface area (Å²) in [6, 6.07) is 3.61. The van der Waals surface area contributed by atoms with Gasteiger partial charge in [-0.15, -0.1) is 0 Å². The number of nitrogens with one attached hydrogen (secondary N) is 3. The molecule has 1 saturated carbocycles. The molecule has 8 nitrogen and oxygen atoms in total. The van der Waals surface area contributed by atoms with Crippen molar-refractivity contribution < 1.29 is 9.59 Å². The lowest BCUT2D eigenvalue weighted by Crippen LogP contribution is -2.43. The third-order valence-electron chi connectivity index (χ3n) is 3.56. The van der Waals surface area contributed by atoms with Gasteiger partial charge in [-0.25, -0.2) is 0 Å². The van der Waals surface area contributed by atoms with Crippen LogP contribution >= 0.6 is 0 Å². The number of aromatic nitrogens is 4. The number of amides is 2. The smallest absolute Gasteiger partial charge is 0.281 e. The van der Waals surface area contributed by atoms with Crippen LogP contribution in [-0.2, 0) is 11.3 Å². The van der Waals surface area contributed by atoms with Crippen LogP contribution in [0.3, 0.4) is 0 Å². The van der Waals surface area contributed by atoms with E-state index in [1.54, 1.807) is 10.7 Å². The highest BCUT2D eigenvalue weighted by Crippen LogP contribution is 2.38. The first-order valence-corrected chi connectivity index (χ1v) is 7.18. The van der Waals surface area contributed by atoms with E-state index in [1.807, 2.05) is 19.9 Å². The Bertz CT molecular complexity index is 713. The van der Waals surface area contributed by atoms with Crippen LogP contribution in [0.5, 0.6) is 0 Å². The van der Waals surface area contributed by atoms with Crippen LogP contribution in [-0.4, -0.2) is 31.8 Å². The zero-order chi connectivity index (χ0) is 15.7. The molecule has 0 bridgehead atoms. The topological polar surface area (TPSA) is 105 Å². The second kappa shape index (κ2) is 5.63. The summed E-state index contributed by atoms with van der Waals surface area (Å²) in [5.41, 5.74) is 7.70. The Morgan fingerprint density at radius 3 is 2.73 bits per heavy atom. The van der Waals surface area contributed by atoms with Crippen LogP contribution in [0.2, 0.25) is 0 Å². The number of H-pyrrole nitrogens is 1. The summed E-state index contributed by atoms with van der Waals surface area (Å²) in [6.45, 7) is 3.78. The van der Waals surface area contributed by atoms with Crippen LogP contribution in [0, 0.1) is 13.8 Å². The molecule has 3 rings (SSSR count). The third kappa shape index (κ3) is 3.16. The fraction of sp³-hybridized carbons (Fsp3) is 0.429. The molecule has 2 heterocycles. The molecule has 2 aromatic rings. The first kappa shape index (κ1) is 14.3. The number of carbonyl (C=O) groups is 2. The minimum absolute atomic E-state index is 0.0494. The minimum atomic E-state index is -0.440. The summed E-state index contributed by atoms with van der Waals surface area (Å²) in [7, 11) is 0. The van der Waals surface area contributed by atoms with E-state index in [0.717, 1.165) is 29.9 Å². The number of nitrogens with zero attached hydrogens (tertiary/aromatic N) is 3. The van der Waals surface area contributed by atoms with Gasteiger partial charge in [0.15, 0.2) is 5.69 Å². The Morgan fingerprint density at radius 2 is 2.09 bits per heavy atom. The lowest BCUT2D eigenvalue weighted by Gasteiger charge is -2.07. The van der Waals surface area contributed by atoms with Gasteiger partial charge in [-0.05, 0) is 38.8 Å². The molecule has 0 spiro atoms. The lowest BCUT2D eigenvalue weighted by atomic mass is 10.2. The van der Waals surface area contributed by atoms with Crippen LogP contribution < -0.4 is 10.9 Å². The van der Waals surface area contributed by atoms with Crippen molar-refractivity contribution in [2.75, 3.05) is 0 Å². The Labute approximate surface area is 127 Å². The first-order chi connectivity index (χ1) is 10.5. The highest BCUT2D eigenvalue weighted by Gasteiger charge is 2.26. The van der Waals surface area contributed by atoms with Crippen LogP contribution in [0.1, 0.15) is 46.3 Å². The molecular formula is C14H18N6O2. The van der Waals surface area contributed by atoms with Crippen molar-refractivity contribution in [1.82, 2.24) is 30.8 Å². The second-order valence-corrected chi connectivity index (χ2v) is 5.57. The van der Waals surface area contributed by atoms with E-state index >= 15 is 0 Å². The molecule has 0 atom stereocenters. The Morgan fingerprint density at radius 1 is 1.32 bits per heavy atom. The molecule has 0 aliphatic heterocycles. The zero-order valence-electron chi connectivity index (χ0n) is 12.5. The van der Waals surface area contributed by atoms with Crippen molar-refractivity contribution in [2.24, 2.45) is 0 Å². The summed E-state index contributed by atoms with van der Waals surface area (Å²) in [5, 5.41) is 11.0. The van der Waals surface area contributed by atoms with Crippen molar-refractivity contribution in [3.05, 3.63) is 34.9 Å². The number of carbonyl (C=O) groups excluding carboxylic acids is 2. The summed E-state index contributed by atoms with van der Waals surface area (Å²) in [4.78, 5) is 23.7. The average Bonchev–Trinajstić information content (AvgIpc) is 3.12. The normalized spacial score (nSPS) is 13.9. The van der Waals surface area contributed by atoms with Gasteiger partial charge in [-0.3, -0.25) is 30.2 Å². The van der Waals surface area contributed by atoms with Crippen molar-refractivity contribution in [1.29, 1.82) is 0 Å². The summed E-state index contributed by atoms with van der Waals surface area (Å²) < 4.78 is 1.58. The average molecular weight is 302 g/mol. The van der Waals surface area contributed by atoms with E-state index in [1.165, 1.54) is 0 Å². The molecular weight excluding hydrogens is 284 g/mol. The van der Waals surface area contributed by atoms with Gasteiger partial charge in [-0.2, -0.15) is 10.2 Å². The number of aryl methyl sites for hydroxylation is 2. The zero-order valence-corrected chi connectivity index (χ0v) is 12.5. The van der Waals surface area contributed by atoms with E-state index < -0.39 is 5.91 Å². The number of hydrogen-bond donors (Lipinski definition) is 3. The Kier molecular flexibility index (Phi) is 3.66. The van der Waals surface area contributed by atoms with E-state index in [0.29, 0.717) is 5.92 Å². The van der Waals surface area contributed by atoms with Gasteiger partial charge in [0.1, 0.15) is 6.54 Å². The minimum Gasteiger partial charge on any atom is -0.281 e. The fourth-order valence-corrected chi connectivity index (χ4v) is 2.26. The molecule has 0 radical (unpaired) electrons. The third-order valence-corrected chi connectivity index (χ3v) is 3.56. The first-order valence-electron chi connectivity index (χ1n) is 7.18. The van der Waals surface area contributed by atoms with E-state index in [2.05, 4.69) is 26.1 Å². The van der Waals surface area contributed by atoms with Gasteiger partial charge in [-0.1, -0.05) is 0 Å². The highest BCUT2D eigenvalue weighted by molar-refractivity contribution is 5.93. The van der Waals surface area contributed by atoms with Gasteiger partial charge in [0.2, 0.25) is 0 Å². The molecule has 22 heavy (non-hydrogen) atoms. The van der Waals surface area contributed by atoms with Crippen molar-refractivity contribution in [2.45, 2.75) is 39.2 Å². The van der Waals surface area contributed by atoms with Gasteiger partial charge in [0.25, 0.3) is 11.8 Å². The van der Waals surface area contributed by atoms with Crippen molar-refractivity contribution in [3.63, 3.8) is 0 Å². The molecule has 1 aliphatic rings. The SMILES string of the molecule is Cc1cc(C)n(CC(=O)NNC(=O)c2cc(C3CC3)[nH]n2)n1. The molecule has 1 aliphatic carbocycles. The van der Waals surface area contributed by atoms with Crippen molar-refractivity contribution >= 4 is 11.8 Å². The molecule has 2 amide bonds. The maximum Gasteiger partial charge on any atom is 0.290 e. The van der Waals surface area contributed by atoms with E-state index in [-0.39, 0.29) is 18.1 Å². The van der Waals surface area contributed by atoms with Gasteiger partial charge >= 0.3 is 0 Å². The number of hydrazine groups is 1. The number of aromatic amines is 1. The second-order valence-electron chi connectivity index (χ2n) is 5.57. The molecule has 116 valence electrons. The molecule has 1 fully saturated rings. The molecule has 0 aromatic carbocycles. The van der Waals surface area contributed by atoms with Gasteiger partial charge in [0, 0.05) is 17.3 Å². The van der Waals surface area contributed by atoms with Crippen LogP contribution in [0.25, 0.3) is 0 Å². The Hall–Kier alpha value is -2.64.